The van der Waals surface area contributed by atoms with Crippen LogP contribution in [0.15, 0.2) is 22.8 Å². The van der Waals surface area contributed by atoms with Crippen molar-refractivity contribution in [1.29, 1.82) is 0 Å². The lowest BCUT2D eigenvalue weighted by Gasteiger charge is -2.54. The largest absolute Gasteiger partial charge is 0.469 e. The molecule has 2 heterocycles. The number of carbonyl (C=O) groups is 2. The van der Waals surface area contributed by atoms with E-state index in [1.165, 1.54) is 32.1 Å². The van der Waals surface area contributed by atoms with Crippen LogP contribution in [-0.2, 0) is 16.0 Å². The van der Waals surface area contributed by atoms with E-state index in [9.17, 15) is 9.59 Å². The smallest absolute Gasteiger partial charge is 0.220 e. The van der Waals surface area contributed by atoms with Gasteiger partial charge in [-0.25, -0.2) is 0 Å². The van der Waals surface area contributed by atoms with Crippen molar-refractivity contribution in [1.82, 2.24) is 10.6 Å². The molecular formula is C22H30N2O3. The SMILES string of the molecule is O=C(CC[C@]1(Cc2ccco2)CCC(=O)N1)NC1C2CC3CC(C2)CC1C3. The van der Waals surface area contributed by atoms with Gasteiger partial charge in [0.25, 0.3) is 0 Å². The minimum absolute atomic E-state index is 0.0861. The molecule has 1 aliphatic heterocycles. The first-order chi connectivity index (χ1) is 13.1. The average molecular weight is 370 g/mol. The lowest BCUT2D eigenvalue weighted by Crippen LogP contribution is -2.56. The van der Waals surface area contributed by atoms with Crippen LogP contribution in [0.1, 0.15) is 63.5 Å². The number of carbonyl (C=O) groups excluding carboxylic acids is 2. The molecule has 5 heteroatoms. The lowest BCUT2D eigenvalue weighted by molar-refractivity contribution is -0.126. The Morgan fingerprint density at radius 2 is 1.93 bits per heavy atom. The highest BCUT2D eigenvalue weighted by Crippen LogP contribution is 2.53. The Hall–Kier alpha value is -1.78. The lowest BCUT2D eigenvalue weighted by atomic mass is 9.54. The van der Waals surface area contributed by atoms with E-state index in [0.29, 0.717) is 43.6 Å². The maximum absolute atomic E-state index is 12.8. The summed E-state index contributed by atoms with van der Waals surface area (Å²) in [7, 11) is 0. The highest BCUT2D eigenvalue weighted by Gasteiger charge is 2.48. The summed E-state index contributed by atoms with van der Waals surface area (Å²) in [4.78, 5) is 24.6. The first-order valence-corrected chi connectivity index (χ1v) is 10.7. The van der Waals surface area contributed by atoms with Crippen molar-refractivity contribution in [3.05, 3.63) is 24.2 Å². The van der Waals surface area contributed by atoms with Crippen molar-refractivity contribution in [2.75, 3.05) is 0 Å². The Labute approximate surface area is 160 Å². The molecule has 4 saturated carbocycles. The zero-order valence-electron chi connectivity index (χ0n) is 15.9. The maximum Gasteiger partial charge on any atom is 0.220 e. The molecule has 146 valence electrons. The van der Waals surface area contributed by atoms with Gasteiger partial charge < -0.3 is 15.1 Å². The second-order valence-corrected chi connectivity index (χ2v) is 9.61. The predicted octanol–water partition coefficient (Wildman–Crippen LogP) is 3.19. The average Bonchev–Trinajstić information content (AvgIpc) is 3.26. The number of rotatable bonds is 6. The molecule has 4 aliphatic carbocycles. The van der Waals surface area contributed by atoms with E-state index >= 15 is 0 Å². The van der Waals surface area contributed by atoms with Gasteiger partial charge in [-0.05, 0) is 80.8 Å². The number of hydrogen-bond donors (Lipinski definition) is 2. The third-order valence-corrected chi connectivity index (χ3v) is 7.71. The molecule has 2 amide bonds. The van der Waals surface area contributed by atoms with Crippen molar-refractivity contribution >= 4 is 11.8 Å². The Morgan fingerprint density at radius 3 is 2.52 bits per heavy atom. The number of furan rings is 1. The quantitative estimate of drug-likeness (QED) is 0.808. The second-order valence-electron chi connectivity index (χ2n) is 9.61. The first-order valence-electron chi connectivity index (χ1n) is 10.7. The fraction of sp³-hybridized carbons (Fsp3) is 0.727. The molecule has 27 heavy (non-hydrogen) atoms. The summed E-state index contributed by atoms with van der Waals surface area (Å²) in [6, 6.07) is 4.21. The van der Waals surface area contributed by atoms with E-state index in [1.807, 2.05) is 12.1 Å². The van der Waals surface area contributed by atoms with Gasteiger partial charge in [0.1, 0.15) is 5.76 Å². The molecule has 2 N–H and O–H groups in total. The number of hydrogen-bond acceptors (Lipinski definition) is 3. The van der Waals surface area contributed by atoms with Gasteiger partial charge in [-0.1, -0.05) is 0 Å². The molecule has 5 fully saturated rings. The van der Waals surface area contributed by atoms with Crippen LogP contribution in [0.3, 0.4) is 0 Å². The molecule has 5 aliphatic rings. The van der Waals surface area contributed by atoms with E-state index in [4.69, 9.17) is 4.42 Å². The highest BCUT2D eigenvalue weighted by atomic mass is 16.3. The third kappa shape index (κ3) is 3.41. The highest BCUT2D eigenvalue weighted by molar-refractivity contribution is 5.80. The molecule has 6 rings (SSSR count). The normalized spacial score (nSPS) is 39.6. The Bertz CT molecular complexity index is 685. The van der Waals surface area contributed by atoms with Crippen LogP contribution < -0.4 is 10.6 Å². The number of amides is 2. The van der Waals surface area contributed by atoms with E-state index in [1.54, 1.807) is 6.26 Å². The van der Waals surface area contributed by atoms with Crippen molar-refractivity contribution in [3.8, 4) is 0 Å². The minimum atomic E-state index is -0.337. The van der Waals surface area contributed by atoms with Crippen LogP contribution in [-0.4, -0.2) is 23.4 Å². The van der Waals surface area contributed by atoms with Gasteiger partial charge in [0.2, 0.25) is 11.8 Å². The second kappa shape index (κ2) is 6.68. The van der Waals surface area contributed by atoms with Crippen molar-refractivity contribution < 1.29 is 14.0 Å². The molecular weight excluding hydrogens is 340 g/mol. The van der Waals surface area contributed by atoms with Crippen LogP contribution in [0, 0.1) is 23.7 Å². The summed E-state index contributed by atoms with van der Waals surface area (Å²) < 4.78 is 5.50. The minimum Gasteiger partial charge on any atom is -0.469 e. The van der Waals surface area contributed by atoms with E-state index < -0.39 is 0 Å². The summed E-state index contributed by atoms with van der Waals surface area (Å²) >= 11 is 0. The molecule has 1 saturated heterocycles. The van der Waals surface area contributed by atoms with Gasteiger partial charge in [-0.2, -0.15) is 0 Å². The van der Waals surface area contributed by atoms with Gasteiger partial charge >= 0.3 is 0 Å². The molecule has 4 bridgehead atoms. The fourth-order valence-electron chi connectivity index (χ4n) is 6.70. The molecule has 1 atom stereocenters. The van der Waals surface area contributed by atoms with E-state index in [0.717, 1.165) is 24.0 Å². The molecule has 0 aromatic carbocycles. The van der Waals surface area contributed by atoms with Gasteiger partial charge in [0.15, 0.2) is 0 Å². The fourth-order valence-corrected chi connectivity index (χ4v) is 6.70. The topological polar surface area (TPSA) is 71.3 Å². The number of nitrogens with one attached hydrogen (secondary N) is 2. The van der Waals surface area contributed by atoms with Gasteiger partial charge in [-0.3, -0.25) is 9.59 Å². The Morgan fingerprint density at radius 1 is 1.19 bits per heavy atom. The molecule has 1 aromatic heterocycles. The van der Waals surface area contributed by atoms with Crippen LogP contribution in [0.2, 0.25) is 0 Å². The van der Waals surface area contributed by atoms with Gasteiger partial charge in [-0.15, -0.1) is 0 Å². The Kier molecular flexibility index (Phi) is 4.29. The Balaban J connectivity index is 1.20. The van der Waals surface area contributed by atoms with Crippen LogP contribution in [0.4, 0.5) is 0 Å². The summed E-state index contributed by atoms with van der Waals surface area (Å²) in [5, 5.41) is 6.54. The van der Waals surface area contributed by atoms with Crippen LogP contribution in [0.25, 0.3) is 0 Å². The zero-order chi connectivity index (χ0) is 18.4. The van der Waals surface area contributed by atoms with Gasteiger partial charge in [0, 0.05) is 30.8 Å². The third-order valence-electron chi connectivity index (χ3n) is 7.71. The zero-order valence-corrected chi connectivity index (χ0v) is 15.9. The van der Waals surface area contributed by atoms with Crippen LogP contribution in [0.5, 0.6) is 0 Å². The molecule has 0 radical (unpaired) electrons. The summed E-state index contributed by atoms with van der Waals surface area (Å²) in [5.41, 5.74) is -0.337. The standard InChI is InChI=1S/C22H30N2O3/c25-19(23-21-16-9-14-8-15(11-16)12-17(21)10-14)3-5-22(6-4-20(26)24-22)13-18-2-1-7-27-18/h1-2,7,14-17,21H,3-6,8-13H2,(H,23,25)(H,24,26)/t14?,15?,16?,17?,21?,22-/m1/s1. The first kappa shape index (κ1) is 17.3. The van der Waals surface area contributed by atoms with Crippen molar-refractivity contribution in [2.45, 2.75) is 75.8 Å². The summed E-state index contributed by atoms with van der Waals surface area (Å²) in [6.45, 7) is 0. The summed E-state index contributed by atoms with van der Waals surface area (Å²) in [6.07, 6.45) is 11.5. The molecule has 0 spiro atoms. The van der Waals surface area contributed by atoms with Crippen molar-refractivity contribution in [2.24, 2.45) is 23.7 Å². The van der Waals surface area contributed by atoms with Gasteiger partial charge in [0.05, 0.1) is 6.26 Å². The maximum atomic E-state index is 12.8. The molecule has 0 unspecified atom stereocenters. The monoisotopic (exact) mass is 370 g/mol. The molecule has 5 nitrogen and oxygen atoms in total. The molecule has 1 aromatic rings. The van der Waals surface area contributed by atoms with E-state index in [2.05, 4.69) is 10.6 Å². The van der Waals surface area contributed by atoms with E-state index in [-0.39, 0.29) is 17.4 Å². The summed E-state index contributed by atoms with van der Waals surface area (Å²) in [5.74, 6) is 4.37. The van der Waals surface area contributed by atoms with Crippen molar-refractivity contribution in [3.63, 3.8) is 0 Å². The van der Waals surface area contributed by atoms with Crippen LogP contribution >= 0.6 is 0 Å². The predicted molar refractivity (Wildman–Crippen MR) is 101 cm³/mol.